The fraction of sp³-hybridized carbons (Fsp3) is 0.0500. The zero-order valence-electron chi connectivity index (χ0n) is 11.6. The first-order valence-electron chi connectivity index (χ1n) is 7.04. The van der Waals surface area contributed by atoms with Crippen LogP contribution in [0.1, 0.15) is 17.0 Å². The van der Waals surface area contributed by atoms with Crippen LogP contribution in [0.4, 0.5) is 0 Å². The molecule has 0 radical (unpaired) electrons. The molecule has 1 atom stereocenters. The number of hydrogen-bond acceptors (Lipinski definition) is 1. The summed E-state index contributed by atoms with van der Waals surface area (Å²) in [6.07, 6.45) is 1.01. The van der Waals surface area contributed by atoms with Crippen molar-refractivity contribution in [2.24, 2.45) is 0 Å². The van der Waals surface area contributed by atoms with Crippen molar-refractivity contribution in [3.05, 3.63) is 96.1 Å². The summed E-state index contributed by atoms with van der Waals surface area (Å²) in [6, 6.07) is 28.3. The van der Waals surface area contributed by atoms with E-state index in [2.05, 4.69) is 24.3 Å². The van der Waals surface area contributed by atoms with Crippen molar-refractivity contribution in [3.8, 4) is 11.1 Å². The molecule has 0 N–H and O–H groups in total. The van der Waals surface area contributed by atoms with E-state index in [0.717, 1.165) is 23.0 Å². The molecule has 0 heterocycles. The van der Waals surface area contributed by atoms with Crippen LogP contribution in [0.3, 0.4) is 0 Å². The molecule has 0 amide bonds. The molecule has 1 unspecified atom stereocenters. The number of rotatable bonds is 4. The first-order valence-corrected chi connectivity index (χ1v) is 7.04. The maximum Gasteiger partial charge on any atom is 0.131 e. The lowest BCUT2D eigenvalue weighted by Crippen LogP contribution is -2.01. The van der Waals surface area contributed by atoms with E-state index in [0.29, 0.717) is 0 Å². The van der Waals surface area contributed by atoms with Crippen LogP contribution in [-0.4, -0.2) is 6.29 Å². The Labute approximate surface area is 124 Å². The third-order valence-corrected chi connectivity index (χ3v) is 3.67. The molecule has 0 aliphatic rings. The Bertz CT molecular complexity index is 700. The van der Waals surface area contributed by atoms with Gasteiger partial charge in [-0.3, -0.25) is 0 Å². The third-order valence-electron chi connectivity index (χ3n) is 3.67. The van der Waals surface area contributed by atoms with Gasteiger partial charge in [0.1, 0.15) is 6.29 Å². The van der Waals surface area contributed by atoms with E-state index < -0.39 is 0 Å². The highest BCUT2D eigenvalue weighted by Crippen LogP contribution is 2.25. The van der Waals surface area contributed by atoms with E-state index >= 15 is 0 Å². The largest absolute Gasteiger partial charge is 0.302 e. The molecule has 1 heteroatoms. The zero-order chi connectivity index (χ0) is 14.5. The first-order chi connectivity index (χ1) is 10.4. The summed E-state index contributed by atoms with van der Waals surface area (Å²) in [5.74, 6) is -0.198. The number of hydrogen-bond donors (Lipinski definition) is 0. The minimum Gasteiger partial charge on any atom is -0.302 e. The van der Waals surface area contributed by atoms with E-state index in [4.69, 9.17) is 0 Å². The molecule has 0 fully saturated rings. The molecule has 3 rings (SSSR count). The van der Waals surface area contributed by atoms with Gasteiger partial charge in [-0.25, -0.2) is 0 Å². The molecule has 0 aromatic heterocycles. The van der Waals surface area contributed by atoms with Gasteiger partial charge in [0.2, 0.25) is 0 Å². The number of carbonyl (C=O) groups excluding carboxylic acids is 1. The molecule has 0 saturated heterocycles. The average Bonchev–Trinajstić information content (AvgIpc) is 2.58. The van der Waals surface area contributed by atoms with Gasteiger partial charge in [-0.2, -0.15) is 0 Å². The van der Waals surface area contributed by atoms with Crippen molar-refractivity contribution in [2.45, 2.75) is 5.92 Å². The molecule has 0 aliphatic heterocycles. The highest BCUT2D eigenvalue weighted by molar-refractivity contribution is 5.70. The summed E-state index contributed by atoms with van der Waals surface area (Å²) >= 11 is 0. The smallest absolute Gasteiger partial charge is 0.131 e. The molecule has 0 saturated carbocycles. The van der Waals surface area contributed by atoms with Gasteiger partial charge in [-0.15, -0.1) is 0 Å². The van der Waals surface area contributed by atoms with Gasteiger partial charge in [-0.05, 0) is 22.3 Å². The Morgan fingerprint density at radius 1 is 0.571 bits per heavy atom. The second-order valence-corrected chi connectivity index (χ2v) is 5.01. The van der Waals surface area contributed by atoms with Crippen LogP contribution in [0, 0.1) is 0 Å². The van der Waals surface area contributed by atoms with Crippen molar-refractivity contribution in [1.82, 2.24) is 0 Å². The molecular weight excluding hydrogens is 256 g/mol. The Hall–Kier alpha value is -2.67. The van der Waals surface area contributed by atoms with Crippen molar-refractivity contribution in [1.29, 1.82) is 0 Å². The minimum absolute atomic E-state index is 0.198. The van der Waals surface area contributed by atoms with Crippen LogP contribution < -0.4 is 0 Å². The highest BCUT2D eigenvalue weighted by Gasteiger charge is 2.12. The summed E-state index contributed by atoms with van der Waals surface area (Å²) in [5, 5.41) is 0. The summed E-state index contributed by atoms with van der Waals surface area (Å²) in [6.45, 7) is 0. The number of carbonyl (C=O) groups is 1. The lowest BCUT2D eigenvalue weighted by molar-refractivity contribution is -0.108. The van der Waals surface area contributed by atoms with Gasteiger partial charge < -0.3 is 4.79 Å². The predicted molar refractivity (Wildman–Crippen MR) is 86.2 cm³/mol. The van der Waals surface area contributed by atoms with E-state index in [1.807, 2.05) is 60.7 Å². The minimum atomic E-state index is -0.198. The van der Waals surface area contributed by atoms with Crippen LogP contribution in [0.25, 0.3) is 11.1 Å². The normalized spacial score (nSPS) is 11.8. The van der Waals surface area contributed by atoms with Crippen molar-refractivity contribution in [2.75, 3.05) is 0 Å². The van der Waals surface area contributed by atoms with Crippen molar-refractivity contribution >= 4 is 6.29 Å². The molecule has 21 heavy (non-hydrogen) atoms. The highest BCUT2D eigenvalue weighted by atomic mass is 16.1. The van der Waals surface area contributed by atoms with Gasteiger partial charge in [0.15, 0.2) is 0 Å². The lowest BCUT2D eigenvalue weighted by Gasteiger charge is -2.12. The molecule has 1 nitrogen and oxygen atoms in total. The Morgan fingerprint density at radius 2 is 1.05 bits per heavy atom. The van der Waals surface area contributed by atoms with E-state index in [-0.39, 0.29) is 5.92 Å². The number of benzene rings is 3. The summed E-state index contributed by atoms with van der Waals surface area (Å²) in [5.41, 5.74) is 4.40. The molecule has 0 aliphatic carbocycles. The maximum atomic E-state index is 11.5. The summed E-state index contributed by atoms with van der Waals surface area (Å²) < 4.78 is 0. The zero-order valence-corrected chi connectivity index (χ0v) is 11.6. The van der Waals surface area contributed by atoms with Gasteiger partial charge in [0, 0.05) is 0 Å². The molecule has 0 spiro atoms. The second kappa shape index (κ2) is 6.19. The Balaban J connectivity index is 1.92. The molecule has 3 aromatic carbocycles. The van der Waals surface area contributed by atoms with Crippen LogP contribution in [0.2, 0.25) is 0 Å². The molecular formula is C20H16O. The third kappa shape index (κ3) is 2.92. The average molecular weight is 272 g/mol. The van der Waals surface area contributed by atoms with Gasteiger partial charge >= 0.3 is 0 Å². The van der Waals surface area contributed by atoms with Crippen LogP contribution in [0.15, 0.2) is 84.9 Å². The molecule has 0 bridgehead atoms. The fourth-order valence-corrected chi connectivity index (χ4v) is 2.52. The van der Waals surface area contributed by atoms with Crippen molar-refractivity contribution < 1.29 is 4.79 Å². The van der Waals surface area contributed by atoms with Crippen LogP contribution >= 0.6 is 0 Å². The quantitative estimate of drug-likeness (QED) is 0.630. The monoisotopic (exact) mass is 272 g/mol. The predicted octanol–water partition coefficient (Wildman–Crippen LogP) is 4.68. The van der Waals surface area contributed by atoms with Gasteiger partial charge in [0.05, 0.1) is 5.92 Å². The Kier molecular flexibility index (Phi) is 3.92. The number of aldehydes is 1. The van der Waals surface area contributed by atoms with Gasteiger partial charge in [0.25, 0.3) is 0 Å². The maximum absolute atomic E-state index is 11.5. The van der Waals surface area contributed by atoms with E-state index in [9.17, 15) is 4.79 Å². The SMILES string of the molecule is O=CC(c1ccccc1)c1ccc(-c2ccccc2)cc1. The Morgan fingerprint density at radius 3 is 1.62 bits per heavy atom. The molecule has 3 aromatic rings. The summed E-state index contributed by atoms with van der Waals surface area (Å²) in [4.78, 5) is 11.5. The lowest BCUT2D eigenvalue weighted by atomic mass is 9.91. The van der Waals surface area contributed by atoms with E-state index in [1.165, 1.54) is 5.56 Å². The van der Waals surface area contributed by atoms with Gasteiger partial charge in [-0.1, -0.05) is 84.9 Å². The van der Waals surface area contributed by atoms with Crippen LogP contribution in [-0.2, 0) is 4.79 Å². The van der Waals surface area contributed by atoms with Crippen molar-refractivity contribution in [3.63, 3.8) is 0 Å². The second-order valence-electron chi connectivity index (χ2n) is 5.01. The summed E-state index contributed by atoms with van der Waals surface area (Å²) in [7, 11) is 0. The first kappa shape index (κ1) is 13.3. The van der Waals surface area contributed by atoms with E-state index in [1.54, 1.807) is 0 Å². The fourth-order valence-electron chi connectivity index (χ4n) is 2.52. The standard InChI is InChI=1S/C20H16O/c21-15-20(18-9-5-2-6-10-18)19-13-11-17(12-14-19)16-7-3-1-4-8-16/h1-15,20H. The molecule has 102 valence electrons. The topological polar surface area (TPSA) is 17.1 Å². The van der Waals surface area contributed by atoms with Crippen LogP contribution in [0.5, 0.6) is 0 Å².